The second-order valence-corrected chi connectivity index (χ2v) is 9.28. The topological polar surface area (TPSA) is 78.8 Å². The van der Waals surface area contributed by atoms with Crippen LogP contribution < -0.4 is 5.32 Å². The summed E-state index contributed by atoms with van der Waals surface area (Å²) in [5, 5.41) is 3.08. The SMILES string of the molecule is O=C(CCCC1=NS(=O)(=O)c2ccccc2N1)N(Cc1ccccc1)Cc1ccccc1. The van der Waals surface area contributed by atoms with Gasteiger partial charge in [0.05, 0.1) is 5.69 Å². The quantitative estimate of drug-likeness (QED) is 0.547. The van der Waals surface area contributed by atoms with Crippen LogP contribution in [0.4, 0.5) is 5.69 Å². The van der Waals surface area contributed by atoms with Crippen molar-refractivity contribution >= 4 is 27.5 Å². The van der Waals surface area contributed by atoms with Gasteiger partial charge in [-0.1, -0.05) is 72.8 Å². The predicted molar refractivity (Wildman–Crippen MR) is 126 cm³/mol. The van der Waals surface area contributed by atoms with E-state index in [2.05, 4.69) is 9.71 Å². The van der Waals surface area contributed by atoms with Crippen LogP contribution >= 0.6 is 0 Å². The summed E-state index contributed by atoms with van der Waals surface area (Å²) in [6, 6.07) is 26.5. The molecule has 1 N–H and O–H groups in total. The minimum Gasteiger partial charge on any atom is -0.342 e. The van der Waals surface area contributed by atoms with Gasteiger partial charge in [0.1, 0.15) is 10.7 Å². The first kappa shape index (κ1) is 21.8. The molecule has 7 heteroatoms. The smallest absolute Gasteiger partial charge is 0.286 e. The lowest BCUT2D eigenvalue weighted by atomic mass is 10.1. The van der Waals surface area contributed by atoms with E-state index in [-0.39, 0.29) is 10.8 Å². The molecule has 164 valence electrons. The first-order chi connectivity index (χ1) is 15.5. The maximum Gasteiger partial charge on any atom is 0.286 e. The molecule has 6 nitrogen and oxygen atoms in total. The summed E-state index contributed by atoms with van der Waals surface area (Å²) in [6.07, 6.45) is 1.19. The van der Waals surface area contributed by atoms with Crippen molar-refractivity contribution in [2.45, 2.75) is 37.2 Å². The number of hydrogen-bond acceptors (Lipinski definition) is 4. The second kappa shape index (κ2) is 9.78. The number of nitrogens with zero attached hydrogens (tertiary/aromatic N) is 2. The molecule has 1 aliphatic heterocycles. The van der Waals surface area contributed by atoms with Crippen LogP contribution in [0.5, 0.6) is 0 Å². The average Bonchev–Trinajstić information content (AvgIpc) is 2.79. The molecule has 4 rings (SSSR count). The molecule has 0 spiro atoms. The average molecular weight is 448 g/mol. The van der Waals surface area contributed by atoms with Crippen LogP contribution in [0.15, 0.2) is 94.2 Å². The number of nitrogens with one attached hydrogen (secondary N) is 1. The lowest BCUT2D eigenvalue weighted by molar-refractivity contribution is -0.132. The number of fused-ring (bicyclic) bond motifs is 1. The van der Waals surface area contributed by atoms with E-state index in [1.54, 1.807) is 18.2 Å². The normalized spacial score (nSPS) is 14.1. The van der Waals surface area contributed by atoms with Gasteiger partial charge in [0.15, 0.2) is 0 Å². The van der Waals surface area contributed by atoms with Crippen molar-refractivity contribution in [1.29, 1.82) is 0 Å². The van der Waals surface area contributed by atoms with E-state index in [4.69, 9.17) is 0 Å². The van der Waals surface area contributed by atoms with E-state index in [0.717, 1.165) is 11.1 Å². The zero-order valence-electron chi connectivity index (χ0n) is 17.6. The number of hydrogen-bond donors (Lipinski definition) is 1. The Bertz CT molecular complexity index is 1170. The fraction of sp³-hybridized carbons (Fsp3) is 0.200. The van der Waals surface area contributed by atoms with Gasteiger partial charge < -0.3 is 10.2 Å². The molecule has 0 atom stereocenters. The molecule has 1 heterocycles. The first-order valence-electron chi connectivity index (χ1n) is 10.6. The Hall–Kier alpha value is -3.45. The number of anilines is 1. The van der Waals surface area contributed by atoms with Crippen molar-refractivity contribution in [3.8, 4) is 0 Å². The van der Waals surface area contributed by atoms with Crippen molar-refractivity contribution < 1.29 is 13.2 Å². The highest BCUT2D eigenvalue weighted by Gasteiger charge is 2.24. The second-order valence-electron chi connectivity index (χ2n) is 7.71. The van der Waals surface area contributed by atoms with E-state index >= 15 is 0 Å². The Morgan fingerprint density at radius 3 is 2.00 bits per heavy atom. The van der Waals surface area contributed by atoms with Crippen LogP contribution in [0, 0.1) is 0 Å². The van der Waals surface area contributed by atoms with Crippen molar-refractivity contribution in [1.82, 2.24) is 4.90 Å². The number of para-hydroxylation sites is 1. The van der Waals surface area contributed by atoms with Gasteiger partial charge in [0.25, 0.3) is 10.0 Å². The number of benzene rings is 3. The third-order valence-corrected chi connectivity index (χ3v) is 6.64. The minimum absolute atomic E-state index is 0.0253. The van der Waals surface area contributed by atoms with E-state index in [0.29, 0.717) is 43.9 Å². The lowest BCUT2D eigenvalue weighted by Gasteiger charge is -2.23. The van der Waals surface area contributed by atoms with Crippen LogP contribution in [0.25, 0.3) is 0 Å². The Morgan fingerprint density at radius 1 is 0.812 bits per heavy atom. The monoisotopic (exact) mass is 447 g/mol. The fourth-order valence-corrected chi connectivity index (χ4v) is 4.85. The largest absolute Gasteiger partial charge is 0.342 e. The maximum atomic E-state index is 13.1. The molecule has 1 amide bonds. The molecule has 0 radical (unpaired) electrons. The van der Waals surface area contributed by atoms with Gasteiger partial charge in [0.2, 0.25) is 5.91 Å². The maximum absolute atomic E-state index is 13.1. The van der Waals surface area contributed by atoms with Crippen LogP contribution in [0.3, 0.4) is 0 Å². The first-order valence-corrected chi connectivity index (χ1v) is 12.0. The molecule has 0 aliphatic carbocycles. The van der Waals surface area contributed by atoms with Crippen molar-refractivity contribution in [3.05, 3.63) is 96.1 Å². The fourth-order valence-electron chi connectivity index (χ4n) is 3.68. The number of amides is 1. The molecule has 0 fully saturated rings. The highest BCUT2D eigenvalue weighted by Crippen LogP contribution is 2.27. The third-order valence-electron chi connectivity index (χ3n) is 5.26. The Kier molecular flexibility index (Phi) is 6.66. The van der Waals surface area contributed by atoms with Crippen molar-refractivity contribution in [3.63, 3.8) is 0 Å². The zero-order chi connectivity index (χ0) is 22.4. The zero-order valence-corrected chi connectivity index (χ0v) is 18.5. The lowest BCUT2D eigenvalue weighted by Crippen LogP contribution is -2.30. The van der Waals surface area contributed by atoms with Crippen molar-refractivity contribution in [2.75, 3.05) is 5.32 Å². The molecule has 0 bridgehead atoms. The van der Waals surface area contributed by atoms with Crippen LogP contribution in [0.2, 0.25) is 0 Å². The summed E-state index contributed by atoms with van der Waals surface area (Å²) in [7, 11) is -3.71. The van der Waals surface area contributed by atoms with Gasteiger partial charge in [0, 0.05) is 25.9 Å². The summed E-state index contributed by atoms with van der Waals surface area (Å²) < 4.78 is 28.7. The van der Waals surface area contributed by atoms with Gasteiger partial charge in [-0.05, 0) is 29.7 Å². The Morgan fingerprint density at radius 2 is 1.38 bits per heavy atom. The number of amidine groups is 1. The van der Waals surface area contributed by atoms with Gasteiger partial charge >= 0.3 is 0 Å². The third kappa shape index (κ3) is 5.42. The standard InChI is InChI=1S/C25H25N3O3S/c29-25(17-9-16-24-26-22-14-7-8-15-23(22)32(30,31)27-24)28(18-20-10-3-1-4-11-20)19-21-12-5-2-6-13-21/h1-8,10-15H,9,16-19H2,(H,26,27). The van der Waals surface area contributed by atoms with E-state index < -0.39 is 10.0 Å². The minimum atomic E-state index is -3.71. The van der Waals surface area contributed by atoms with E-state index in [1.807, 2.05) is 65.6 Å². The highest BCUT2D eigenvalue weighted by molar-refractivity contribution is 7.90. The summed E-state index contributed by atoms with van der Waals surface area (Å²) in [5.74, 6) is 0.395. The number of sulfonamides is 1. The summed E-state index contributed by atoms with van der Waals surface area (Å²) in [4.78, 5) is 15.1. The molecule has 3 aromatic carbocycles. The summed E-state index contributed by atoms with van der Waals surface area (Å²) in [6.45, 7) is 1.05. The molecule has 3 aromatic rings. The molecule has 0 saturated heterocycles. The molecule has 0 unspecified atom stereocenters. The molecule has 0 aromatic heterocycles. The summed E-state index contributed by atoms with van der Waals surface area (Å²) in [5.41, 5.74) is 2.66. The van der Waals surface area contributed by atoms with Gasteiger partial charge in [-0.2, -0.15) is 8.42 Å². The molecule has 32 heavy (non-hydrogen) atoms. The highest BCUT2D eigenvalue weighted by atomic mass is 32.2. The van der Waals surface area contributed by atoms with Gasteiger partial charge in [-0.25, -0.2) is 0 Å². The Labute approximate surface area is 188 Å². The van der Waals surface area contributed by atoms with Crippen LogP contribution in [-0.2, 0) is 27.9 Å². The van der Waals surface area contributed by atoms with E-state index in [9.17, 15) is 13.2 Å². The number of carbonyl (C=O) groups is 1. The predicted octanol–water partition coefficient (Wildman–Crippen LogP) is 4.60. The molecule has 1 aliphatic rings. The Balaban J connectivity index is 1.40. The van der Waals surface area contributed by atoms with Gasteiger partial charge in [-0.15, -0.1) is 4.40 Å². The van der Waals surface area contributed by atoms with Crippen LogP contribution in [0.1, 0.15) is 30.4 Å². The molecular formula is C25H25N3O3S. The van der Waals surface area contributed by atoms with Gasteiger partial charge in [-0.3, -0.25) is 4.79 Å². The van der Waals surface area contributed by atoms with Crippen molar-refractivity contribution in [2.24, 2.45) is 4.40 Å². The number of carbonyl (C=O) groups excluding carboxylic acids is 1. The molecular weight excluding hydrogens is 422 g/mol. The number of rotatable bonds is 8. The summed E-state index contributed by atoms with van der Waals surface area (Å²) >= 11 is 0. The molecule has 0 saturated carbocycles. The van der Waals surface area contributed by atoms with E-state index in [1.165, 1.54) is 6.07 Å². The van der Waals surface area contributed by atoms with Crippen LogP contribution in [-0.4, -0.2) is 25.1 Å².